The highest BCUT2D eigenvalue weighted by Crippen LogP contribution is 2.13. The molecule has 9 heteroatoms. The molecular weight excluding hydrogens is 791 g/mol. The van der Waals surface area contributed by atoms with Crippen LogP contribution in [0.25, 0.3) is 0 Å². The zero-order valence-corrected chi connectivity index (χ0v) is 40.7. The lowest BCUT2D eigenvalue weighted by atomic mass is 10.1. The number of aliphatic carboxylic acids is 1. The van der Waals surface area contributed by atoms with E-state index in [2.05, 4.69) is 98.9 Å². The van der Waals surface area contributed by atoms with Gasteiger partial charge in [-0.25, -0.2) is 0 Å². The highest BCUT2D eigenvalue weighted by atomic mass is 16.7. The lowest BCUT2D eigenvalue weighted by Crippen LogP contribution is -2.44. The van der Waals surface area contributed by atoms with Crippen molar-refractivity contribution in [1.29, 1.82) is 0 Å². The maximum atomic E-state index is 12.8. The van der Waals surface area contributed by atoms with Crippen LogP contribution in [-0.2, 0) is 33.3 Å². The van der Waals surface area contributed by atoms with Crippen molar-refractivity contribution in [1.82, 2.24) is 0 Å². The first kappa shape index (κ1) is 59.5. The summed E-state index contributed by atoms with van der Waals surface area (Å²) in [4.78, 5) is 37.1. The van der Waals surface area contributed by atoms with Crippen LogP contribution in [0.3, 0.4) is 0 Å². The molecule has 0 aromatic rings. The SMILES string of the molecule is CC/C=C\C/C=C\C/C=C\C/C=C\CCCCCCCCC(=O)OC(COC(=O)CCCCCCCC/C=C\C/C=C\C/C=C\CCCCC)COC(OCC[N+](C)(C)C)C(=O)[O-]. The largest absolute Gasteiger partial charge is 0.545 e. The Kier molecular flexibility index (Phi) is 42.5. The number of ether oxygens (including phenoxy) is 4. The van der Waals surface area contributed by atoms with Gasteiger partial charge in [0.05, 0.1) is 40.3 Å². The Morgan fingerprint density at radius 2 is 0.905 bits per heavy atom. The summed E-state index contributed by atoms with van der Waals surface area (Å²) in [6.45, 7) is 4.55. The van der Waals surface area contributed by atoms with Gasteiger partial charge in [0.25, 0.3) is 0 Å². The predicted molar refractivity (Wildman–Crippen MR) is 260 cm³/mol. The minimum Gasteiger partial charge on any atom is -0.545 e. The second-order valence-electron chi connectivity index (χ2n) is 17.4. The van der Waals surface area contributed by atoms with Crippen molar-refractivity contribution in [2.75, 3.05) is 47.5 Å². The molecule has 0 N–H and O–H groups in total. The van der Waals surface area contributed by atoms with E-state index in [0.717, 1.165) is 109 Å². The zero-order valence-electron chi connectivity index (χ0n) is 40.7. The average molecular weight is 882 g/mol. The second-order valence-corrected chi connectivity index (χ2v) is 17.4. The van der Waals surface area contributed by atoms with E-state index in [9.17, 15) is 19.5 Å². The third kappa shape index (κ3) is 46.3. The average Bonchev–Trinajstić information content (AvgIpc) is 3.24. The van der Waals surface area contributed by atoms with Crippen LogP contribution in [-0.4, -0.2) is 82.3 Å². The van der Waals surface area contributed by atoms with Crippen molar-refractivity contribution in [2.24, 2.45) is 0 Å². The summed E-state index contributed by atoms with van der Waals surface area (Å²) in [5.74, 6) is -2.33. The van der Waals surface area contributed by atoms with E-state index >= 15 is 0 Å². The van der Waals surface area contributed by atoms with Crippen LogP contribution in [0.1, 0.15) is 181 Å². The molecule has 360 valence electrons. The van der Waals surface area contributed by atoms with Crippen molar-refractivity contribution < 1.29 is 42.9 Å². The number of carboxylic acids is 1. The van der Waals surface area contributed by atoms with Crippen LogP contribution < -0.4 is 5.11 Å². The first-order valence-electron chi connectivity index (χ1n) is 24.7. The molecular formula is C54H91NO8. The standard InChI is InChI=1S/C54H91NO8/c1-6-8-10-12-14-16-18-20-22-24-26-28-30-32-34-36-38-40-42-44-51(56)61-48-50(49-62-54(53(58)59)60-47-46-55(3,4)5)63-52(57)45-43-41-39-37-35-33-31-29-27-25-23-21-19-17-15-13-11-9-7-2/h9,11,14-17,20-23,26-29,50,54H,6-8,10,12-13,18-19,24-25,30-49H2,1-5H3/b11-9-,16-14-,17-15-,22-20-,23-21-,28-26-,29-27-. The molecule has 0 aromatic heterocycles. The van der Waals surface area contributed by atoms with Gasteiger partial charge in [-0.1, -0.05) is 163 Å². The van der Waals surface area contributed by atoms with Crippen LogP contribution in [0, 0.1) is 0 Å². The topological polar surface area (TPSA) is 111 Å². The fourth-order valence-corrected chi connectivity index (χ4v) is 6.30. The molecule has 0 aliphatic heterocycles. The first-order valence-corrected chi connectivity index (χ1v) is 24.7. The van der Waals surface area contributed by atoms with Crippen molar-refractivity contribution in [3.8, 4) is 0 Å². The summed E-state index contributed by atoms with van der Waals surface area (Å²) >= 11 is 0. The quantitative estimate of drug-likeness (QED) is 0.0196. The number of likely N-dealkylation sites (N-methyl/N-ethyl adjacent to an activating group) is 1. The Hall–Kier alpha value is -3.53. The lowest BCUT2D eigenvalue weighted by Gasteiger charge is -2.26. The summed E-state index contributed by atoms with van der Waals surface area (Å²) < 4.78 is 22.6. The molecule has 0 amide bonds. The predicted octanol–water partition coefficient (Wildman–Crippen LogP) is 12.3. The van der Waals surface area contributed by atoms with Gasteiger partial charge in [0.1, 0.15) is 13.2 Å². The Morgan fingerprint density at radius 3 is 1.35 bits per heavy atom. The molecule has 9 nitrogen and oxygen atoms in total. The van der Waals surface area contributed by atoms with Crippen LogP contribution in [0.2, 0.25) is 0 Å². The molecule has 0 spiro atoms. The Morgan fingerprint density at radius 1 is 0.492 bits per heavy atom. The lowest BCUT2D eigenvalue weighted by molar-refractivity contribution is -0.870. The molecule has 0 bridgehead atoms. The smallest absolute Gasteiger partial charge is 0.306 e. The fourth-order valence-electron chi connectivity index (χ4n) is 6.30. The number of carboxylic acid groups (broad SMARTS) is 1. The summed E-state index contributed by atoms with van der Waals surface area (Å²) in [6.07, 6.45) is 54.6. The molecule has 2 atom stereocenters. The number of carbonyl (C=O) groups excluding carboxylic acids is 3. The molecule has 0 saturated carbocycles. The molecule has 0 aliphatic rings. The van der Waals surface area contributed by atoms with E-state index in [0.29, 0.717) is 17.4 Å². The van der Waals surface area contributed by atoms with Crippen molar-refractivity contribution in [3.63, 3.8) is 0 Å². The van der Waals surface area contributed by atoms with E-state index in [-0.39, 0.29) is 38.6 Å². The van der Waals surface area contributed by atoms with E-state index in [4.69, 9.17) is 18.9 Å². The highest BCUT2D eigenvalue weighted by Gasteiger charge is 2.21. The van der Waals surface area contributed by atoms with Gasteiger partial charge in [-0.2, -0.15) is 0 Å². The molecule has 0 aromatic carbocycles. The van der Waals surface area contributed by atoms with Gasteiger partial charge in [0.2, 0.25) is 0 Å². The van der Waals surface area contributed by atoms with Gasteiger partial charge < -0.3 is 33.3 Å². The van der Waals surface area contributed by atoms with Crippen LogP contribution in [0.5, 0.6) is 0 Å². The zero-order chi connectivity index (χ0) is 46.3. The summed E-state index contributed by atoms with van der Waals surface area (Å²) in [5.41, 5.74) is 0. The second kappa shape index (κ2) is 45.1. The summed E-state index contributed by atoms with van der Waals surface area (Å²) in [7, 11) is 5.89. The van der Waals surface area contributed by atoms with Gasteiger partial charge in [-0.05, 0) is 89.9 Å². The number of carbonyl (C=O) groups is 3. The Bertz CT molecular complexity index is 1300. The summed E-state index contributed by atoms with van der Waals surface area (Å²) in [6, 6.07) is 0. The maximum Gasteiger partial charge on any atom is 0.306 e. The Labute approximate surface area is 385 Å². The number of hydrogen-bond donors (Lipinski definition) is 0. The van der Waals surface area contributed by atoms with E-state index in [1.807, 2.05) is 21.1 Å². The third-order valence-electron chi connectivity index (χ3n) is 10.1. The minimum atomic E-state index is -1.63. The van der Waals surface area contributed by atoms with Crippen LogP contribution in [0.4, 0.5) is 0 Å². The van der Waals surface area contributed by atoms with Crippen molar-refractivity contribution in [2.45, 2.75) is 193 Å². The molecule has 2 unspecified atom stereocenters. The number of rotatable bonds is 44. The first-order chi connectivity index (χ1) is 30.6. The maximum absolute atomic E-state index is 12.8. The number of unbranched alkanes of at least 4 members (excludes halogenated alkanes) is 15. The van der Waals surface area contributed by atoms with E-state index in [1.54, 1.807) is 0 Å². The van der Waals surface area contributed by atoms with Gasteiger partial charge in [0.15, 0.2) is 12.4 Å². The van der Waals surface area contributed by atoms with Crippen LogP contribution in [0.15, 0.2) is 85.1 Å². The van der Waals surface area contributed by atoms with Crippen molar-refractivity contribution >= 4 is 17.9 Å². The fraction of sp³-hybridized carbons (Fsp3) is 0.685. The molecule has 63 heavy (non-hydrogen) atoms. The number of nitrogens with zero attached hydrogens (tertiary/aromatic N) is 1. The van der Waals surface area contributed by atoms with Gasteiger partial charge >= 0.3 is 11.9 Å². The number of allylic oxidation sites excluding steroid dienone is 14. The molecule has 0 radical (unpaired) electrons. The molecule has 0 heterocycles. The molecule has 0 fully saturated rings. The number of quaternary nitrogens is 1. The third-order valence-corrected chi connectivity index (χ3v) is 10.1. The number of hydrogen-bond acceptors (Lipinski definition) is 8. The van der Waals surface area contributed by atoms with Crippen molar-refractivity contribution in [3.05, 3.63) is 85.1 Å². The molecule has 0 aliphatic carbocycles. The normalized spacial score (nSPS) is 13.6. The van der Waals surface area contributed by atoms with Gasteiger partial charge in [-0.3, -0.25) is 9.59 Å². The monoisotopic (exact) mass is 882 g/mol. The molecule has 0 rings (SSSR count). The summed E-state index contributed by atoms with van der Waals surface area (Å²) in [5, 5.41) is 11.7. The van der Waals surface area contributed by atoms with Gasteiger partial charge in [-0.15, -0.1) is 0 Å². The van der Waals surface area contributed by atoms with Gasteiger partial charge in [0, 0.05) is 12.8 Å². The Balaban J connectivity index is 4.44. The minimum absolute atomic E-state index is 0.138. The van der Waals surface area contributed by atoms with E-state index in [1.165, 1.54) is 38.5 Å². The van der Waals surface area contributed by atoms with E-state index < -0.39 is 24.3 Å². The number of esters is 2. The van der Waals surface area contributed by atoms with Crippen LogP contribution >= 0.6 is 0 Å². The molecule has 0 saturated heterocycles. The highest BCUT2D eigenvalue weighted by molar-refractivity contribution is 5.70.